The van der Waals surface area contributed by atoms with Crippen molar-refractivity contribution in [2.24, 2.45) is 5.41 Å². The lowest BCUT2D eigenvalue weighted by atomic mass is 9.83. The van der Waals surface area contributed by atoms with Crippen LogP contribution < -0.4 is 10.3 Å². The quantitative estimate of drug-likeness (QED) is 0.859. The lowest BCUT2D eigenvalue weighted by molar-refractivity contribution is -0.129. The highest BCUT2D eigenvalue weighted by Gasteiger charge is 2.38. The Morgan fingerprint density at radius 2 is 2.23 bits per heavy atom. The van der Waals surface area contributed by atoms with E-state index in [1.165, 1.54) is 0 Å². The van der Waals surface area contributed by atoms with Gasteiger partial charge in [0.1, 0.15) is 6.07 Å². The van der Waals surface area contributed by atoms with E-state index in [1.807, 2.05) is 30.3 Å². The van der Waals surface area contributed by atoms with Crippen LogP contribution in [0.15, 0.2) is 41.7 Å². The third-order valence-corrected chi connectivity index (χ3v) is 3.90. The molecule has 5 nitrogen and oxygen atoms in total. The second kappa shape index (κ2) is 5.66. The summed E-state index contributed by atoms with van der Waals surface area (Å²) in [5, 5.41) is 10.0. The second-order valence-corrected chi connectivity index (χ2v) is 5.59. The van der Waals surface area contributed by atoms with Crippen LogP contribution in [0.3, 0.4) is 0 Å². The van der Waals surface area contributed by atoms with Gasteiger partial charge < -0.3 is 14.5 Å². The molecule has 1 aliphatic rings. The summed E-state index contributed by atoms with van der Waals surface area (Å²) in [4.78, 5) is 14.7. The largest absolute Gasteiger partial charge is 0.490 e. The number of ether oxygens (including phenoxy) is 2. The van der Waals surface area contributed by atoms with E-state index >= 15 is 0 Å². The maximum atomic E-state index is 12.0. The molecule has 5 heteroatoms. The fourth-order valence-electron chi connectivity index (χ4n) is 2.65. The summed E-state index contributed by atoms with van der Waals surface area (Å²) in [6.45, 7) is 5.35. The number of fused-ring (bicyclic) bond motifs is 1. The normalized spacial score (nSPS) is 15.8. The number of pyridine rings is 1. The van der Waals surface area contributed by atoms with E-state index in [-0.39, 0.29) is 11.0 Å². The highest BCUT2D eigenvalue weighted by atomic mass is 16.5. The Labute approximate surface area is 127 Å². The van der Waals surface area contributed by atoms with Gasteiger partial charge in [-0.2, -0.15) is 5.26 Å². The summed E-state index contributed by atoms with van der Waals surface area (Å²) in [6, 6.07) is 9.24. The van der Waals surface area contributed by atoms with Crippen molar-refractivity contribution in [3.8, 4) is 11.8 Å². The number of hydrogen-bond donors (Lipinski definition) is 1. The van der Waals surface area contributed by atoms with Crippen LogP contribution in [0.1, 0.15) is 12.0 Å². The molecule has 1 aromatic heterocycles. The Morgan fingerprint density at radius 1 is 1.45 bits per heavy atom. The number of para-hydroxylation sites is 1. The van der Waals surface area contributed by atoms with E-state index in [2.05, 4.69) is 11.6 Å². The smallest absolute Gasteiger partial charge is 0.270 e. The lowest BCUT2D eigenvalue weighted by Crippen LogP contribution is -2.46. The average Bonchev–Trinajstić information content (AvgIpc) is 2.49. The molecule has 0 unspecified atom stereocenters. The minimum absolute atomic E-state index is 0.00712. The van der Waals surface area contributed by atoms with Gasteiger partial charge in [-0.25, -0.2) is 0 Å². The van der Waals surface area contributed by atoms with Gasteiger partial charge >= 0.3 is 0 Å². The first-order chi connectivity index (χ1) is 10.7. The average molecular weight is 296 g/mol. The van der Waals surface area contributed by atoms with Gasteiger partial charge in [0.15, 0.2) is 11.3 Å². The monoisotopic (exact) mass is 296 g/mol. The molecule has 1 aliphatic heterocycles. The Balaban J connectivity index is 2.00. The van der Waals surface area contributed by atoms with Crippen molar-refractivity contribution in [2.75, 3.05) is 19.8 Å². The number of nitriles is 1. The zero-order valence-electron chi connectivity index (χ0n) is 12.1. The van der Waals surface area contributed by atoms with Gasteiger partial charge in [-0.1, -0.05) is 18.2 Å². The van der Waals surface area contributed by atoms with E-state index in [0.717, 1.165) is 11.8 Å². The van der Waals surface area contributed by atoms with E-state index in [4.69, 9.17) is 9.47 Å². The van der Waals surface area contributed by atoms with Crippen molar-refractivity contribution < 1.29 is 9.47 Å². The highest BCUT2D eigenvalue weighted by molar-refractivity contribution is 5.86. The standard InChI is InChI=1S/C17H16N2O3/c1-2-7-17(9-21-10-17)11-22-15-12-5-3-4-6-14(12)19-16(20)13(15)8-18/h2-6H,1,7,9-11H2,(H,19,20). The van der Waals surface area contributed by atoms with Crippen LogP contribution in [-0.2, 0) is 4.74 Å². The third-order valence-electron chi connectivity index (χ3n) is 3.90. The first-order valence-corrected chi connectivity index (χ1v) is 7.06. The van der Waals surface area contributed by atoms with E-state index in [9.17, 15) is 10.1 Å². The molecule has 1 saturated heterocycles. The number of H-pyrrole nitrogens is 1. The van der Waals surface area contributed by atoms with Crippen molar-refractivity contribution in [3.63, 3.8) is 0 Å². The van der Waals surface area contributed by atoms with Gasteiger partial charge in [0.05, 0.1) is 30.8 Å². The van der Waals surface area contributed by atoms with Gasteiger partial charge in [-0.3, -0.25) is 4.79 Å². The van der Waals surface area contributed by atoms with Crippen LogP contribution in [0.4, 0.5) is 0 Å². The molecule has 22 heavy (non-hydrogen) atoms. The van der Waals surface area contributed by atoms with Crippen molar-refractivity contribution in [3.05, 3.63) is 52.8 Å². The Bertz CT molecular complexity index is 813. The summed E-state index contributed by atoms with van der Waals surface area (Å²) in [7, 11) is 0. The molecule has 1 N–H and O–H groups in total. The molecule has 0 radical (unpaired) electrons. The van der Waals surface area contributed by atoms with E-state index < -0.39 is 5.56 Å². The number of rotatable bonds is 5. The summed E-state index contributed by atoms with van der Waals surface area (Å²) in [6.07, 6.45) is 2.61. The minimum Gasteiger partial charge on any atom is -0.490 e. The summed E-state index contributed by atoms with van der Waals surface area (Å²) in [5.74, 6) is 0.345. The third kappa shape index (κ3) is 2.38. The summed E-state index contributed by atoms with van der Waals surface area (Å²) >= 11 is 0. The number of aromatic amines is 1. The van der Waals surface area contributed by atoms with E-state index in [0.29, 0.717) is 31.1 Å². The molecule has 0 atom stereocenters. The van der Waals surface area contributed by atoms with Crippen LogP contribution in [-0.4, -0.2) is 24.8 Å². The topological polar surface area (TPSA) is 75.1 Å². The first-order valence-electron chi connectivity index (χ1n) is 7.06. The molecule has 0 spiro atoms. The van der Waals surface area contributed by atoms with Crippen molar-refractivity contribution >= 4 is 10.9 Å². The fraction of sp³-hybridized carbons (Fsp3) is 0.294. The van der Waals surface area contributed by atoms with Crippen LogP contribution in [0.2, 0.25) is 0 Å². The molecule has 0 saturated carbocycles. The zero-order valence-corrected chi connectivity index (χ0v) is 12.1. The number of nitrogens with one attached hydrogen (secondary N) is 1. The highest BCUT2D eigenvalue weighted by Crippen LogP contribution is 2.34. The molecular formula is C17H16N2O3. The van der Waals surface area contributed by atoms with Crippen LogP contribution in [0.5, 0.6) is 5.75 Å². The molecule has 0 aliphatic carbocycles. The SMILES string of the molecule is C=CCC1(COc2c(C#N)c(=O)[nH]c3ccccc23)COC1. The Kier molecular flexibility index (Phi) is 3.70. The zero-order chi connectivity index (χ0) is 15.6. The number of aromatic nitrogens is 1. The van der Waals surface area contributed by atoms with E-state index in [1.54, 1.807) is 6.07 Å². The van der Waals surface area contributed by atoms with Gasteiger partial charge in [-0.15, -0.1) is 6.58 Å². The number of hydrogen-bond acceptors (Lipinski definition) is 4. The molecule has 2 heterocycles. The molecule has 112 valence electrons. The number of benzene rings is 1. The number of allylic oxidation sites excluding steroid dienone is 1. The maximum Gasteiger partial charge on any atom is 0.270 e. The first kappa shape index (κ1) is 14.4. The Hall–Kier alpha value is -2.58. The van der Waals surface area contributed by atoms with Gasteiger partial charge in [-0.05, 0) is 18.6 Å². The minimum atomic E-state index is -0.432. The molecule has 3 rings (SSSR count). The molecule has 2 aromatic rings. The molecular weight excluding hydrogens is 280 g/mol. The van der Waals surface area contributed by atoms with Crippen LogP contribution >= 0.6 is 0 Å². The molecule has 0 bridgehead atoms. The number of nitrogens with zero attached hydrogens (tertiary/aromatic N) is 1. The van der Waals surface area contributed by atoms with Crippen molar-refractivity contribution in [1.82, 2.24) is 4.98 Å². The molecule has 1 aromatic carbocycles. The second-order valence-electron chi connectivity index (χ2n) is 5.59. The predicted molar refractivity (Wildman–Crippen MR) is 82.8 cm³/mol. The van der Waals surface area contributed by atoms with Gasteiger partial charge in [0, 0.05) is 5.39 Å². The molecule has 0 amide bonds. The lowest BCUT2D eigenvalue weighted by Gasteiger charge is -2.40. The maximum absolute atomic E-state index is 12.0. The summed E-state index contributed by atoms with van der Waals surface area (Å²) < 4.78 is 11.2. The summed E-state index contributed by atoms with van der Waals surface area (Å²) in [5.41, 5.74) is 0.119. The fourth-order valence-corrected chi connectivity index (χ4v) is 2.65. The van der Waals surface area contributed by atoms with Gasteiger partial charge in [0.2, 0.25) is 0 Å². The molecule has 1 fully saturated rings. The van der Waals surface area contributed by atoms with Crippen molar-refractivity contribution in [2.45, 2.75) is 6.42 Å². The Morgan fingerprint density at radius 3 is 2.86 bits per heavy atom. The van der Waals surface area contributed by atoms with Gasteiger partial charge in [0.25, 0.3) is 5.56 Å². The van der Waals surface area contributed by atoms with Crippen LogP contribution in [0.25, 0.3) is 10.9 Å². The van der Waals surface area contributed by atoms with Crippen molar-refractivity contribution in [1.29, 1.82) is 5.26 Å². The predicted octanol–water partition coefficient (Wildman–Crippen LogP) is 2.37. The van der Waals surface area contributed by atoms with Crippen LogP contribution in [0, 0.1) is 16.7 Å².